The van der Waals surface area contributed by atoms with Crippen LogP contribution in [-0.4, -0.2) is 34.2 Å². The van der Waals surface area contributed by atoms with E-state index in [0.717, 1.165) is 12.0 Å². The molecule has 2 fully saturated rings. The highest BCUT2D eigenvalue weighted by Gasteiger charge is 2.32. The number of allylic oxidation sites excluding steroid dienone is 4. The molecular formula is C30H33N5O3. The zero-order chi connectivity index (χ0) is 26.1. The van der Waals surface area contributed by atoms with Crippen LogP contribution in [0.4, 0.5) is 4.79 Å². The molecule has 2 unspecified atom stereocenters. The van der Waals surface area contributed by atoms with Gasteiger partial charge in [0.2, 0.25) is 11.7 Å². The molecule has 8 nitrogen and oxygen atoms in total. The zero-order valence-corrected chi connectivity index (χ0v) is 21.5. The van der Waals surface area contributed by atoms with E-state index in [0.29, 0.717) is 35.6 Å². The van der Waals surface area contributed by atoms with E-state index in [-0.39, 0.29) is 12.3 Å². The van der Waals surface area contributed by atoms with E-state index in [4.69, 9.17) is 4.52 Å². The molecule has 38 heavy (non-hydrogen) atoms. The van der Waals surface area contributed by atoms with Gasteiger partial charge in [-0.15, -0.1) is 0 Å². The molecule has 2 aliphatic carbocycles. The van der Waals surface area contributed by atoms with Crippen LogP contribution in [0.3, 0.4) is 0 Å². The fraction of sp³-hybridized carbons (Fsp3) is 0.400. The van der Waals surface area contributed by atoms with Gasteiger partial charge in [0.05, 0.1) is 6.42 Å². The Labute approximate surface area is 222 Å². The predicted octanol–water partition coefficient (Wildman–Crippen LogP) is 4.84. The summed E-state index contributed by atoms with van der Waals surface area (Å²) in [5.74, 6) is 1.62. The summed E-state index contributed by atoms with van der Waals surface area (Å²) in [5.41, 5.74) is 2.30. The van der Waals surface area contributed by atoms with Crippen LogP contribution >= 0.6 is 0 Å². The van der Waals surface area contributed by atoms with Crippen LogP contribution < -0.4 is 16.0 Å². The molecule has 1 aliphatic heterocycles. The SMILES string of the molecule is C[C@@H](N[C@H]1CCCC([C@@H]2C=CC(c3noc(CC4NC(=O)NC4=O)n3)=CC2)C1)c1cccc2ccccc12. The third kappa shape index (κ3) is 5.13. The van der Waals surface area contributed by atoms with E-state index in [1.165, 1.54) is 42.0 Å². The lowest BCUT2D eigenvalue weighted by molar-refractivity contribution is -0.120. The molecule has 6 rings (SSSR count). The monoisotopic (exact) mass is 511 g/mol. The predicted molar refractivity (Wildman–Crippen MR) is 145 cm³/mol. The molecule has 3 N–H and O–H groups in total. The van der Waals surface area contributed by atoms with Gasteiger partial charge in [0.15, 0.2) is 0 Å². The molecule has 2 heterocycles. The number of benzene rings is 2. The standard InChI is InChI=1S/C30H33N5O3/c1-18(24-11-5-7-20-6-2-3-10-25(20)24)31-23-9-4-8-22(16-23)19-12-14-21(15-13-19)28-33-27(38-35-28)17-26-29(36)34-30(37)32-26/h2-3,5-7,10-12,14-15,18-19,22-23,26,31H,4,8-9,13,16-17H2,1H3,(H2,32,34,36,37)/t18-,19-,22?,23+,26?/m1/s1. The van der Waals surface area contributed by atoms with E-state index in [1.807, 2.05) is 0 Å². The third-order valence-corrected chi connectivity index (χ3v) is 8.19. The third-order valence-electron chi connectivity index (χ3n) is 8.19. The van der Waals surface area contributed by atoms with Crippen molar-refractivity contribution >= 4 is 28.3 Å². The normalized spacial score (nSPS) is 26.2. The number of urea groups is 1. The Kier molecular flexibility index (Phi) is 6.81. The fourth-order valence-electron chi connectivity index (χ4n) is 6.22. The summed E-state index contributed by atoms with van der Waals surface area (Å²) in [6.07, 6.45) is 12.6. The molecule has 1 saturated heterocycles. The minimum Gasteiger partial charge on any atom is -0.339 e. The van der Waals surface area contributed by atoms with Gasteiger partial charge in [0.1, 0.15) is 6.04 Å². The quantitative estimate of drug-likeness (QED) is 0.392. The lowest BCUT2D eigenvalue weighted by Crippen LogP contribution is -2.37. The van der Waals surface area contributed by atoms with Gasteiger partial charge in [-0.1, -0.05) is 72.3 Å². The lowest BCUT2D eigenvalue weighted by atomic mass is 9.75. The first-order valence-electron chi connectivity index (χ1n) is 13.6. The number of hydrogen-bond acceptors (Lipinski definition) is 6. The Balaban J connectivity index is 1.05. The highest BCUT2D eigenvalue weighted by atomic mass is 16.5. The molecule has 1 aromatic heterocycles. The molecule has 2 aromatic carbocycles. The van der Waals surface area contributed by atoms with Gasteiger partial charge in [-0.05, 0) is 60.8 Å². The number of carbonyl (C=O) groups excluding carboxylic acids is 2. The first-order valence-corrected chi connectivity index (χ1v) is 13.6. The van der Waals surface area contributed by atoms with Crippen LogP contribution in [0, 0.1) is 11.8 Å². The van der Waals surface area contributed by atoms with Crippen LogP contribution in [0.1, 0.15) is 62.3 Å². The lowest BCUT2D eigenvalue weighted by Gasteiger charge is -2.36. The molecule has 196 valence electrons. The molecule has 3 amide bonds. The number of nitrogens with one attached hydrogen (secondary N) is 3. The van der Waals surface area contributed by atoms with Gasteiger partial charge in [-0.2, -0.15) is 4.98 Å². The van der Waals surface area contributed by atoms with Gasteiger partial charge >= 0.3 is 6.03 Å². The van der Waals surface area contributed by atoms with Gasteiger partial charge < -0.3 is 15.2 Å². The number of rotatable bonds is 7. The maximum absolute atomic E-state index is 11.8. The van der Waals surface area contributed by atoms with Crippen LogP contribution in [0.2, 0.25) is 0 Å². The van der Waals surface area contributed by atoms with Crippen molar-refractivity contribution in [2.45, 2.75) is 63.6 Å². The summed E-state index contributed by atoms with van der Waals surface area (Å²) in [6, 6.07) is 14.9. The number of carbonyl (C=O) groups is 2. The van der Waals surface area contributed by atoms with Crippen LogP contribution in [0.15, 0.2) is 65.2 Å². The van der Waals surface area contributed by atoms with Crippen molar-refractivity contribution in [1.29, 1.82) is 0 Å². The smallest absolute Gasteiger partial charge is 0.322 e. The molecule has 5 atom stereocenters. The molecule has 3 aromatic rings. The number of fused-ring (bicyclic) bond motifs is 1. The van der Waals surface area contributed by atoms with Gasteiger partial charge in [0, 0.05) is 17.7 Å². The number of hydrogen-bond donors (Lipinski definition) is 3. The molecule has 8 heteroatoms. The Morgan fingerprint density at radius 2 is 2.00 bits per heavy atom. The average molecular weight is 512 g/mol. The first-order chi connectivity index (χ1) is 18.5. The highest BCUT2D eigenvalue weighted by Crippen LogP contribution is 2.37. The van der Waals surface area contributed by atoms with Crippen molar-refractivity contribution < 1.29 is 14.1 Å². The van der Waals surface area contributed by atoms with E-state index < -0.39 is 12.1 Å². The van der Waals surface area contributed by atoms with Gasteiger partial charge in [0.25, 0.3) is 5.91 Å². The summed E-state index contributed by atoms with van der Waals surface area (Å²) >= 11 is 0. The van der Waals surface area contributed by atoms with E-state index in [9.17, 15) is 9.59 Å². The van der Waals surface area contributed by atoms with Crippen molar-refractivity contribution in [1.82, 2.24) is 26.1 Å². The molecule has 0 spiro atoms. The largest absolute Gasteiger partial charge is 0.339 e. The second-order valence-corrected chi connectivity index (χ2v) is 10.7. The summed E-state index contributed by atoms with van der Waals surface area (Å²) in [5, 5.41) is 15.4. The van der Waals surface area contributed by atoms with Gasteiger partial charge in [-0.25, -0.2) is 4.79 Å². The van der Waals surface area contributed by atoms with E-state index in [1.54, 1.807) is 0 Å². The average Bonchev–Trinajstić information content (AvgIpc) is 3.54. The summed E-state index contributed by atoms with van der Waals surface area (Å²) in [6.45, 7) is 2.28. The molecule has 0 bridgehead atoms. The van der Waals surface area contributed by atoms with E-state index >= 15 is 0 Å². The van der Waals surface area contributed by atoms with Crippen molar-refractivity contribution in [2.24, 2.45) is 11.8 Å². The number of imide groups is 1. The number of amides is 3. The molecule has 3 aliphatic rings. The maximum Gasteiger partial charge on any atom is 0.322 e. The molecule has 1 saturated carbocycles. The first kappa shape index (κ1) is 24.6. The van der Waals surface area contributed by atoms with Crippen molar-refractivity contribution in [2.75, 3.05) is 0 Å². The summed E-state index contributed by atoms with van der Waals surface area (Å²) < 4.78 is 5.35. The molecule has 0 radical (unpaired) electrons. The Morgan fingerprint density at radius 1 is 1.13 bits per heavy atom. The maximum atomic E-state index is 11.8. The van der Waals surface area contributed by atoms with Crippen molar-refractivity contribution in [3.8, 4) is 0 Å². The summed E-state index contributed by atoms with van der Waals surface area (Å²) in [7, 11) is 0. The van der Waals surface area contributed by atoms with Crippen molar-refractivity contribution in [3.63, 3.8) is 0 Å². The Hall–Kier alpha value is -3.78. The Morgan fingerprint density at radius 3 is 2.82 bits per heavy atom. The van der Waals surface area contributed by atoms with E-state index in [2.05, 4.69) is 93.7 Å². The zero-order valence-electron chi connectivity index (χ0n) is 21.5. The number of aromatic nitrogens is 2. The fourth-order valence-corrected chi connectivity index (χ4v) is 6.22. The van der Waals surface area contributed by atoms with Crippen LogP contribution in [0.25, 0.3) is 16.3 Å². The number of nitrogens with zero attached hydrogens (tertiary/aromatic N) is 2. The van der Waals surface area contributed by atoms with Crippen LogP contribution in [0.5, 0.6) is 0 Å². The van der Waals surface area contributed by atoms with Gasteiger partial charge in [-0.3, -0.25) is 10.1 Å². The molecular weight excluding hydrogens is 478 g/mol. The minimum absolute atomic E-state index is 0.178. The topological polar surface area (TPSA) is 109 Å². The summed E-state index contributed by atoms with van der Waals surface area (Å²) in [4.78, 5) is 27.6. The second kappa shape index (κ2) is 10.5. The minimum atomic E-state index is -0.674. The van der Waals surface area contributed by atoms with Crippen molar-refractivity contribution in [3.05, 3.63) is 78.0 Å². The second-order valence-electron chi connectivity index (χ2n) is 10.7. The Bertz CT molecular complexity index is 1400. The van der Waals surface area contributed by atoms with Crippen LogP contribution in [-0.2, 0) is 11.2 Å². The highest BCUT2D eigenvalue weighted by molar-refractivity contribution is 6.04.